The summed E-state index contributed by atoms with van der Waals surface area (Å²) in [5.74, 6) is 0.764. The molecule has 0 saturated carbocycles. The van der Waals surface area contributed by atoms with Crippen LogP contribution in [-0.4, -0.2) is 37.0 Å². The number of aromatic nitrogens is 5. The predicted octanol–water partition coefficient (Wildman–Crippen LogP) is 2.92. The molecule has 24 heavy (non-hydrogen) atoms. The number of nitrogens with zero attached hydrogens (tertiary/aromatic N) is 4. The van der Waals surface area contributed by atoms with Crippen LogP contribution in [0, 0.1) is 6.92 Å². The first-order chi connectivity index (χ1) is 11.7. The third-order valence-electron chi connectivity index (χ3n) is 3.21. The smallest absolute Gasteiger partial charge is 0.236 e. The number of carbonyl (C=O) groups excluding carboxylic acids is 1. The number of amides is 1. The van der Waals surface area contributed by atoms with Gasteiger partial charge in [0.1, 0.15) is 5.01 Å². The van der Waals surface area contributed by atoms with Gasteiger partial charge in [-0.2, -0.15) is 0 Å². The Kier molecular flexibility index (Phi) is 5.21. The third-order valence-corrected chi connectivity index (χ3v) is 5.04. The fraction of sp³-hybridized carbons (Fsp3) is 0.267. The summed E-state index contributed by atoms with van der Waals surface area (Å²) in [6, 6.07) is 7.94. The zero-order chi connectivity index (χ0) is 16.9. The minimum Gasteiger partial charge on any atom is -0.300 e. The Morgan fingerprint density at radius 3 is 2.92 bits per heavy atom. The van der Waals surface area contributed by atoms with Crippen LogP contribution in [0.15, 0.2) is 29.4 Å². The van der Waals surface area contributed by atoms with Gasteiger partial charge in [0.25, 0.3) is 0 Å². The minimum absolute atomic E-state index is 0.152. The molecule has 0 radical (unpaired) electrons. The van der Waals surface area contributed by atoms with E-state index in [0.29, 0.717) is 16.1 Å². The number of carbonyl (C=O) groups is 1. The van der Waals surface area contributed by atoms with Crippen molar-refractivity contribution in [2.45, 2.75) is 25.4 Å². The summed E-state index contributed by atoms with van der Waals surface area (Å²) >= 11 is 2.66. The van der Waals surface area contributed by atoms with E-state index in [1.54, 1.807) is 0 Å². The first-order valence-corrected chi connectivity index (χ1v) is 9.19. The lowest BCUT2D eigenvalue weighted by Crippen LogP contribution is -2.13. The van der Waals surface area contributed by atoms with Crippen molar-refractivity contribution in [1.82, 2.24) is 25.4 Å². The van der Waals surface area contributed by atoms with Crippen molar-refractivity contribution in [3.8, 4) is 11.4 Å². The van der Waals surface area contributed by atoms with Gasteiger partial charge < -0.3 is 0 Å². The standard InChI is InChI=1S/C15H16N6OS2/c1-3-12-18-21-15(24-12)16-11(22)8-23-14-17-13(19-20-14)10-7-5-4-6-9(10)2/h4-7H,3,8H2,1-2H3,(H,16,21,22)(H,17,19,20). The van der Waals surface area contributed by atoms with E-state index in [9.17, 15) is 4.79 Å². The van der Waals surface area contributed by atoms with Crippen molar-refractivity contribution in [2.24, 2.45) is 0 Å². The van der Waals surface area contributed by atoms with Crippen LogP contribution < -0.4 is 5.32 Å². The van der Waals surface area contributed by atoms with Gasteiger partial charge in [-0.25, -0.2) is 4.98 Å². The number of anilines is 1. The van der Waals surface area contributed by atoms with Crippen LogP contribution in [0.1, 0.15) is 17.5 Å². The first kappa shape index (κ1) is 16.6. The number of hydrogen-bond acceptors (Lipinski definition) is 7. The van der Waals surface area contributed by atoms with Crippen molar-refractivity contribution >= 4 is 34.1 Å². The monoisotopic (exact) mass is 360 g/mol. The number of rotatable bonds is 6. The quantitative estimate of drug-likeness (QED) is 0.656. The molecule has 0 spiro atoms. The zero-order valence-electron chi connectivity index (χ0n) is 13.2. The highest BCUT2D eigenvalue weighted by Crippen LogP contribution is 2.22. The fourth-order valence-electron chi connectivity index (χ4n) is 2.00. The lowest BCUT2D eigenvalue weighted by molar-refractivity contribution is -0.113. The van der Waals surface area contributed by atoms with E-state index in [2.05, 4.69) is 30.7 Å². The molecule has 0 fully saturated rings. The first-order valence-electron chi connectivity index (χ1n) is 7.39. The Morgan fingerprint density at radius 1 is 1.33 bits per heavy atom. The van der Waals surface area contributed by atoms with Crippen LogP contribution in [0.4, 0.5) is 5.13 Å². The van der Waals surface area contributed by atoms with Crippen molar-refractivity contribution < 1.29 is 4.79 Å². The molecule has 2 aromatic heterocycles. The molecule has 0 bridgehead atoms. The second kappa shape index (κ2) is 7.54. The van der Waals surface area contributed by atoms with Crippen LogP contribution in [0.3, 0.4) is 0 Å². The van der Waals surface area contributed by atoms with Crippen LogP contribution in [0.2, 0.25) is 0 Å². The molecule has 0 atom stereocenters. The third kappa shape index (κ3) is 3.98. The number of aromatic amines is 1. The van der Waals surface area contributed by atoms with E-state index in [0.717, 1.165) is 22.6 Å². The predicted molar refractivity (Wildman–Crippen MR) is 95.2 cm³/mol. The van der Waals surface area contributed by atoms with E-state index >= 15 is 0 Å². The largest absolute Gasteiger partial charge is 0.300 e. The maximum atomic E-state index is 12.0. The van der Waals surface area contributed by atoms with Gasteiger partial charge in [-0.1, -0.05) is 54.3 Å². The summed E-state index contributed by atoms with van der Waals surface area (Å²) in [7, 11) is 0. The Bertz CT molecular complexity index is 844. The number of aryl methyl sites for hydroxylation is 2. The molecule has 124 valence electrons. The van der Waals surface area contributed by atoms with Gasteiger partial charge in [0, 0.05) is 5.56 Å². The van der Waals surface area contributed by atoms with E-state index < -0.39 is 0 Å². The van der Waals surface area contributed by atoms with Gasteiger partial charge in [-0.3, -0.25) is 15.2 Å². The number of hydrogen-bond donors (Lipinski definition) is 2. The highest BCUT2D eigenvalue weighted by atomic mass is 32.2. The molecule has 1 aromatic carbocycles. The number of nitrogens with one attached hydrogen (secondary N) is 2. The Balaban J connectivity index is 1.57. The Labute approximate surface area is 147 Å². The van der Waals surface area contributed by atoms with Gasteiger partial charge in [0.2, 0.25) is 16.2 Å². The Morgan fingerprint density at radius 2 is 2.17 bits per heavy atom. The molecule has 2 heterocycles. The number of benzene rings is 1. The maximum Gasteiger partial charge on any atom is 0.236 e. The van der Waals surface area contributed by atoms with Crippen LogP contribution in [-0.2, 0) is 11.2 Å². The lowest BCUT2D eigenvalue weighted by Gasteiger charge is -2.00. The Hall–Kier alpha value is -2.26. The maximum absolute atomic E-state index is 12.0. The highest BCUT2D eigenvalue weighted by molar-refractivity contribution is 7.99. The topological polar surface area (TPSA) is 96.5 Å². The van der Waals surface area contributed by atoms with Crippen molar-refractivity contribution in [3.05, 3.63) is 34.8 Å². The minimum atomic E-state index is -0.152. The van der Waals surface area contributed by atoms with Gasteiger partial charge in [-0.15, -0.1) is 15.3 Å². The van der Waals surface area contributed by atoms with E-state index in [1.165, 1.54) is 23.1 Å². The summed E-state index contributed by atoms with van der Waals surface area (Å²) in [4.78, 5) is 16.4. The summed E-state index contributed by atoms with van der Waals surface area (Å²) in [6.45, 7) is 4.02. The summed E-state index contributed by atoms with van der Waals surface area (Å²) in [5, 5.41) is 19.6. The average Bonchev–Trinajstić information content (AvgIpc) is 3.22. The molecule has 2 N–H and O–H groups in total. The van der Waals surface area contributed by atoms with Crippen molar-refractivity contribution in [2.75, 3.05) is 11.1 Å². The van der Waals surface area contributed by atoms with Gasteiger partial charge in [0.05, 0.1) is 5.75 Å². The second-order valence-electron chi connectivity index (χ2n) is 4.97. The molecular weight excluding hydrogens is 344 g/mol. The van der Waals surface area contributed by atoms with E-state index in [4.69, 9.17) is 0 Å². The molecular formula is C15H16N6OS2. The van der Waals surface area contributed by atoms with Crippen molar-refractivity contribution in [3.63, 3.8) is 0 Å². The molecule has 3 rings (SSSR count). The zero-order valence-corrected chi connectivity index (χ0v) is 14.9. The molecule has 0 aliphatic carbocycles. The molecule has 0 saturated heterocycles. The van der Waals surface area contributed by atoms with E-state index in [-0.39, 0.29) is 11.7 Å². The number of H-pyrrole nitrogens is 1. The van der Waals surface area contributed by atoms with Crippen molar-refractivity contribution in [1.29, 1.82) is 0 Å². The fourth-order valence-corrected chi connectivity index (χ4v) is 3.30. The second-order valence-corrected chi connectivity index (χ2v) is 6.98. The molecule has 3 aromatic rings. The van der Waals surface area contributed by atoms with Gasteiger partial charge in [-0.05, 0) is 18.9 Å². The summed E-state index contributed by atoms with van der Waals surface area (Å²) < 4.78 is 0. The average molecular weight is 360 g/mol. The molecule has 0 aliphatic rings. The molecule has 1 amide bonds. The lowest BCUT2D eigenvalue weighted by atomic mass is 10.1. The summed E-state index contributed by atoms with van der Waals surface area (Å²) in [6.07, 6.45) is 0.807. The van der Waals surface area contributed by atoms with Gasteiger partial charge in [0.15, 0.2) is 5.82 Å². The summed E-state index contributed by atoms with van der Waals surface area (Å²) in [5.41, 5.74) is 2.12. The van der Waals surface area contributed by atoms with Gasteiger partial charge >= 0.3 is 0 Å². The molecule has 0 unspecified atom stereocenters. The number of thioether (sulfide) groups is 1. The van der Waals surface area contributed by atoms with Crippen LogP contribution >= 0.6 is 23.1 Å². The van der Waals surface area contributed by atoms with E-state index in [1.807, 2.05) is 38.1 Å². The normalized spacial score (nSPS) is 10.8. The SMILES string of the molecule is CCc1nnc(NC(=O)CSc2n[nH]c(-c3ccccc3C)n2)s1. The molecule has 0 aliphatic heterocycles. The molecule has 9 heteroatoms. The molecule has 7 nitrogen and oxygen atoms in total. The highest BCUT2D eigenvalue weighted by Gasteiger charge is 2.12. The van der Waals surface area contributed by atoms with Crippen LogP contribution in [0.25, 0.3) is 11.4 Å². The van der Waals surface area contributed by atoms with Crippen LogP contribution in [0.5, 0.6) is 0 Å².